The molecule has 1 atom stereocenters. The summed E-state index contributed by atoms with van der Waals surface area (Å²) < 4.78 is 5.33. The van der Waals surface area contributed by atoms with Crippen molar-refractivity contribution in [1.29, 1.82) is 0 Å². The predicted octanol–water partition coefficient (Wildman–Crippen LogP) is 1.58. The van der Waals surface area contributed by atoms with E-state index in [0.717, 1.165) is 5.57 Å². The van der Waals surface area contributed by atoms with Gasteiger partial charge in [-0.05, 0) is 27.8 Å². The van der Waals surface area contributed by atoms with Crippen LogP contribution in [0.1, 0.15) is 20.8 Å². The quantitative estimate of drug-likeness (QED) is 0.625. The van der Waals surface area contributed by atoms with E-state index in [1.54, 1.807) is 7.11 Å². The Morgan fingerprint density at radius 2 is 2.00 bits per heavy atom. The molecular weight excluding hydrogens is 138 g/mol. The van der Waals surface area contributed by atoms with Crippen LogP contribution in [0.15, 0.2) is 12.2 Å². The number of rotatable bonds is 4. The zero-order valence-electron chi connectivity index (χ0n) is 8.19. The van der Waals surface area contributed by atoms with Crippen molar-refractivity contribution in [2.24, 2.45) is 0 Å². The van der Waals surface area contributed by atoms with Gasteiger partial charge in [0.25, 0.3) is 0 Å². The molecular formula is C9H19NO. The maximum absolute atomic E-state index is 5.33. The third kappa shape index (κ3) is 2.64. The van der Waals surface area contributed by atoms with Gasteiger partial charge in [-0.2, -0.15) is 0 Å². The first kappa shape index (κ1) is 10.7. The zero-order valence-corrected chi connectivity index (χ0v) is 8.19. The first-order valence-corrected chi connectivity index (χ1v) is 3.83. The minimum atomic E-state index is -0.180. The molecule has 0 saturated heterocycles. The standard InChI is InChI=1S/C9H19NO/c1-7(2)8(10-5)9(3,4)11-6/h8,10H,1H2,2-6H3. The number of nitrogens with one attached hydrogen (secondary N) is 1. The molecule has 0 heterocycles. The van der Waals surface area contributed by atoms with E-state index in [-0.39, 0.29) is 11.6 Å². The Bertz CT molecular complexity index is 140. The van der Waals surface area contributed by atoms with Crippen molar-refractivity contribution < 1.29 is 4.74 Å². The molecule has 2 heteroatoms. The Labute approximate surface area is 69.6 Å². The molecule has 0 bridgehead atoms. The van der Waals surface area contributed by atoms with E-state index >= 15 is 0 Å². The van der Waals surface area contributed by atoms with Crippen molar-refractivity contribution in [3.8, 4) is 0 Å². The minimum absolute atomic E-state index is 0.180. The largest absolute Gasteiger partial charge is 0.377 e. The molecule has 0 radical (unpaired) electrons. The minimum Gasteiger partial charge on any atom is -0.377 e. The van der Waals surface area contributed by atoms with Gasteiger partial charge in [-0.3, -0.25) is 0 Å². The van der Waals surface area contributed by atoms with Crippen LogP contribution in [0.4, 0.5) is 0 Å². The molecule has 0 amide bonds. The van der Waals surface area contributed by atoms with Gasteiger partial charge in [0.1, 0.15) is 0 Å². The van der Waals surface area contributed by atoms with Crippen molar-refractivity contribution in [2.75, 3.05) is 14.2 Å². The summed E-state index contributed by atoms with van der Waals surface area (Å²) in [5.74, 6) is 0. The highest BCUT2D eigenvalue weighted by molar-refractivity contribution is 5.08. The average molecular weight is 157 g/mol. The molecule has 11 heavy (non-hydrogen) atoms. The fourth-order valence-electron chi connectivity index (χ4n) is 1.31. The number of likely N-dealkylation sites (N-methyl/N-ethyl adjacent to an activating group) is 1. The van der Waals surface area contributed by atoms with E-state index in [4.69, 9.17) is 4.74 Å². The van der Waals surface area contributed by atoms with Gasteiger partial charge < -0.3 is 10.1 Å². The SMILES string of the molecule is C=C(C)C(NC)C(C)(C)OC. The van der Waals surface area contributed by atoms with Gasteiger partial charge in [-0.15, -0.1) is 0 Å². The first-order valence-electron chi connectivity index (χ1n) is 3.83. The van der Waals surface area contributed by atoms with Gasteiger partial charge in [-0.1, -0.05) is 12.2 Å². The van der Waals surface area contributed by atoms with Crippen molar-refractivity contribution in [1.82, 2.24) is 5.32 Å². The van der Waals surface area contributed by atoms with E-state index in [1.165, 1.54) is 0 Å². The van der Waals surface area contributed by atoms with Gasteiger partial charge in [0, 0.05) is 7.11 Å². The summed E-state index contributed by atoms with van der Waals surface area (Å²) in [5, 5.41) is 3.17. The Hall–Kier alpha value is -0.340. The van der Waals surface area contributed by atoms with Crippen molar-refractivity contribution in [3.63, 3.8) is 0 Å². The van der Waals surface area contributed by atoms with Crippen molar-refractivity contribution in [2.45, 2.75) is 32.4 Å². The lowest BCUT2D eigenvalue weighted by molar-refractivity contribution is 0.00203. The zero-order chi connectivity index (χ0) is 9.07. The second-order valence-electron chi connectivity index (χ2n) is 3.38. The van der Waals surface area contributed by atoms with Crippen molar-refractivity contribution in [3.05, 3.63) is 12.2 Å². The molecule has 1 unspecified atom stereocenters. The maximum atomic E-state index is 5.33. The third-order valence-corrected chi connectivity index (χ3v) is 2.00. The summed E-state index contributed by atoms with van der Waals surface area (Å²) in [6.07, 6.45) is 0. The molecule has 66 valence electrons. The molecule has 0 aliphatic carbocycles. The van der Waals surface area contributed by atoms with E-state index in [2.05, 4.69) is 11.9 Å². The third-order valence-electron chi connectivity index (χ3n) is 2.00. The molecule has 0 aliphatic rings. The van der Waals surface area contributed by atoms with Crippen LogP contribution in [0, 0.1) is 0 Å². The Balaban J connectivity index is 4.36. The number of ether oxygens (including phenoxy) is 1. The summed E-state index contributed by atoms with van der Waals surface area (Å²) in [5.41, 5.74) is 0.917. The molecule has 2 nitrogen and oxygen atoms in total. The molecule has 1 N–H and O–H groups in total. The monoisotopic (exact) mass is 157 g/mol. The number of hydrogen-bond acceptors (Lipinski definition) is 2. The Morgan fingerprint density at radius 1 is 1.55 bits per heavy atom. The lowest BCUT2D eigenvalue weighted by atomic mass is 9.93. The first-order chi connectivity index (χ1) is 4.95. The highest BCUT2D eigenvalue weighted by atomic mass is 16.5. The molecule has 0 saturated carbocycles. The summed E-state index contributed by atoms with van der Waals surface area (Å²) >= 11 is 0. The van der Waals surface area contributed by atoms with Crippen LogP contribution in [0.5, 0.6) is 0 Å². The Kier molecular flexibility index (Phi) is 3.76. The van der Waals surface area contributed by atoms with E-state index in [1.807, 2.05) is 27.8 Å². The molecule has 0 rings (SSSR count). The number of hydrogen-bond donors (Lipinski definition) is 1. The van der Waals surface area contributed by atoms with Gasteiger partial charge in [0.2, 0.25) is 0 Å². The highest BCUT2D eigenvalue weighted by Gasteiger charge is 2.27. The van der Waals surface area contributed by atoms with Crippen LogP contribution in [-0.4, -0.2) is 25.8 Å². The molecule has 0 spiro atoms. The maximum Gasteiger partial charge on any atom is 0.0813 e. The average Bonchev–Trinajstić information content (AvgIpc) is 1.88. The fraction of sp³-hybridized carbons (Fsp3) is 0.778. The fourth-order valence-corrected chi connectivity index (χ4v) is 1.31. The predicted molar refractivity (Wildman–Crippen MR) is 48.7 cm³/mol. The normalized spacial score (nSPS) is 14.6. The number of methoxy groups -OCH3 is 1. The summed E-state index contributed by atoms with van der Waals surface area (Å²) in [6.45, 7) is 9.99. The van der Waals surface area contributed by atoms with Gasteiger partial charge in [-0.25, -0.2) is 0 Å². The summed E-state index contributed by atoms with van der Waals surface area (Å²) in [6, 6.07) is 0.215. The second kappa shape index (κ2) is 3.88. The smallest absolute Gasteiger partial charge is 0.0813 e. The molecule has 0 aromatic heterocycles. The lowest BCUT2D eigenvalue weighted by Crippen LogP contribution is -2.47. The van der Waals surface area contributed by atoms with E-state index < -0.39 is 0 Å². The Morgan fingerprint density at radius 3 is 2.09 bits per heavy atom. The highest BCUT2D eigenvalue weighted by Crippen LogP contribution is 2.18. The molecule has 0 aromatic carbocycles. The summed E-state index contributed by atoms with van der Waals surface area (Å²) in [7, 11) is 3.63. The van der Waals surface area contributed by atoms with Gasteiger partial charge in [0.15, 0.2) is 0 Å². The topological polar surface area (TPSA) is 21.3 Å². The molecule has 0 fully saturated rings. The summed E-state index contributed by atoms with van der Waals surface area (Å²) in [4.78, 5) is 0. The second-order valence-corrected chi connectivity index (χ2v) is 3.38. The lowest BCUT2D eigenvalue weighted by Gasteiger charge is -2.33. The van der Waals surface area contributed by atoms with Crippen LogP contribution in [0.2, 0.25) is 0 Å². The van der Waals surface area contributed by atoms with Crippen LogP contribution in [-0.2, 0) is 4.74 Å². The van der Waals surface area contributed by atoms with Crippen LogP contribution >= 0.6 is 0 Å². The van der Waals surface area contributed by atoms with Crippen LogP contribution in [0.25, 0.3) is 0 Å². The van der Waals surface area contributed by atoms with Gasteiger partial charge in [0.05, 0.1) is 11.6 Å². The van der Waals surface area contributed by atoms with Gasteiger partial charge >= 0.3 is 0 Å². The van der Waals surface area contributed by atoms with Crippen molar-refractivity contribution >= 4 is 0 Å². The van der Waals surface area contributed by atoms with Crippen LogP contribution in [0.3, 0.4) is 0 Å². The van der Waals surface area contributed by atoms with E-state index in [9.17, 15) is 0 Å². The van der Waals surface area contributed by atoms with E-state index in [0.29, 0.717) is 0 Å². The molecule has 0 aliphatic heterocycles. The van der Waals surface area contributed by atoms with Crippen LogP contribution < -0.4 is 5.32 Å². The molecule has 0 aromatic rings.